The van der Waals surface area contributed by atoms with E-state index in [1.165, 1.54) is 0 Å². The van der Waals surface area contributed by atoms with Crippen LogP contribution < -0.4 is 4.74 Å². The summed E-state index contributed by atoms with van der Waals surface area (Å²) in [5.74, 6) is -0.623. The van der Waals surface area contributed by atoms with Crippen LogP contribution in [0.5, 0.6) is 5.75 Å². The highest BCUT2D eigenvalue weighted by Crippen LogP contribution is 2.30. The fourth-order valence-electron chi connectivity index (χ4n) is 1.64. The fourth-order valence-corrected chi connectivity index (χ4v) is 2.17. The smallest absolute Gasteiger partial charge is 0.139 e. The van der Waals surface area contributed by atoms with Crippen LogP contribution in [0.4, 0.5) is 8.78 Å². The quantitative estimate of drug-likeness (QED) is 0.925. The van der Waals surface area contributed by atoms with E-state index in [1.54, 1.807) is 18.2 Å². The monoisotopic (exact) mass is 328 g/mol. The summed E-state index contributed by atoms with van der Waals surface area (Å²) in [7, 11) is 0. The van der Waals surface area contributed by atoms with Gasteiger partial charge in [0.25, 0.3) is 0 Å². The van der Waals surface area contributed by atoms with E-state index < -0.39 is 11.6 Å². The Morgan fingerprint density at radius 3 is 2.63 bits per heavy atom. The lowest BCUT2D eigenvalue weighted by Gasteiger charge is -2.12. The minimum absolute atomic E-state index is 0.112. The third kappa shape index (κ3) is 3.30. The van der Waals surface area contributed by atoms with Gasteiger partial charge in [-0.3, -0.25) is 0 Å². The van der Waals surface area contributed by atoms with Crippen LogP contribution in [0.25, 0.3) is 0 Å². The van der Waals surface area contributed by atoms with Gasteiger partial charge in [0.05, 0.1) is 11.1 Å². The maximum Gasteiger partial charge on any atom is 0.139 e. The van der Waals surface area contributed by atoms with Crippen LogP contribution >= 0.6 is 15.9 Å². The van der Waals surface area contributed by atoms with Gasteiger partial charge in [0.15, 0.2) is 0 Å². The molecule has 0 saturated carbocycles. The minimum atomic E-state index is -0.529. The van der Waals surface area contributed by atoms with Gasteiger partial charge in [-0.2, -0.15) is 0 Å². The topological polar surface area (TPSA) is 29.5 Å². The van der Waals surface area contributed by atoms with Gasteiger partial charge in [-0.05, 0) is 40.2 Å². The molecule has 2 aromatic rings. The summed E-state index contributed by atoms with van der Waals surface area (Å²) in [5.41, 5.74) is 0.700. The molecule has 0 heterocycles. The Balaban J connectivity index is 2.21. The van der Waals surface area contributed by atoms with E-state index in [4.69, 9.17) is 4.74 Å². The maximum atomic E-state index is 13.4. The Bertz CT molecular complexity index is 588. The van der Waals surface area contributed by atoms with Crippen molar-refractivity contribution in [1.82, 2.24) is 0 Å². The summed E-state index contributed by atoms with van der Waals surface area (Å²) < 4.78 is 32.6. The van der Waals surface area contributed by atoms with Crippen molar-refractivity contribution in [3.63, 3.8) is 0 Å². The van der Waals surface area contributed by atoms with Crippen molar-refractivity contribution >= 4 is 15.9 Å². The first kappa shape index (κ1) is 14.0. The lowest BCUT2D eigenvalue weighted by Crippen LogP contribution is -2.02. The molecule has 0 atom stereocenters. The molecule has 0 bridgehead atoms. The predicted octanol–water partition coefficient (Wildman–Crippen LogP) is 3.80. The van der Waals surface area contributed by atoms with Gasteiger partial charge in [-0.15, -0.1) is 0 Å². The van der Waals surface area contributed by atoms with E-state index in [0.29, 0.717) is 15.8 Å². The number of rotatable bonds is 4. The predicted molar refractivity (Wildman–Crippen MR) is 70.8 cm³/mol. The van der Waals surface area contributed by atoms with Crippen molar-refractivity contribution in [3.8, 4) is 5.75 Å². The Kier molecular flexibility index (Phi) is 4.50. The molecule has 0 aromatic heterocycles. The highest BCUT2D eigenvalue weighted by Gasteiger charge is 2.10. The highest BCUT2D eigenvalue weighted by atomic mass is 79.9. The number of hydrogen-bond acceptors (Lipinski definition) is 2. The van der Waals surface area contributed by atoms with Crippen molar-refractivity contribution in [1.29, 1.82) is 0 Å². The van der Waals surface area contributed by atoms with E-state index in [-0.39, 0.29) is 18.8 Å². The molecule has 0 aliphatic carbocycles. The number of aliphatic hydroxyl groups excluding tert-OH is 1. The van der Waals surface area contributed by atoms with Crippen LogP contribution in [-0.2, 0) is 13.2 Å². The third-order valence-electron chi connectivity index (χ3n) is 2.60. The number of aliphatic hydroxyl groups is 1. The second-order valence-electron chi connectivity index (χ2n) is 3.91. The normalized spacial score (nSPS) is 10.5. The molecular formula is C14H11BrF2O2. The van der Waals surface area contributed by atoms with Crippen LogP contribution in [0.1, 0.15) is 11.1 Å². The zero-order chi connectivity index (χ0) is 13.8. The first-order valence-corrected chi connectivity index (χ1v) is 6.36. The van der Waals surface area contributed by atoms with Gasteiger partial charge >= 0.3 is 0 Å². The van der Waals surface area contributed by atoms with Crippen molar-refractivity contribution in [2.45, 2.75) is 13.2 Å². The average Bonchev–Trinajstić information content (AvgIpc) is 2.40. The van der Waals surface area contributed by atoms with Crippen LogP contribution in [0.3, 0.4) is 0 Å². The second-order valence-corrected chi connectivity index (χ2v) is 4.76. The summed E-state index contributed by atoms with van der Waals surface area (Å²) in [6, 6.07) is 8.39. The Labute approximate surface area is 117 Å². The summed E-state index contributed by atoms with van der Waals surface area (Å²) in [4.78, 5) is 0. The Morgan fingerprint density at radius 2 is 1.89 bits per heavy atom. The molecule has 0 unspecified atom stereocenters. The molecule has 0 radical (unpaired) electrons. The van der Waals surface area contributed by atoms with Crippen LogP contribution in [0.15, 0.2) is 40.9 Å². The number of ether oxygens (including phenoxy) is 1. The minimum Gasteiger partial charge on any atom is -0.487 e. The van der Waals surface area contributed by atoms with E-state index in [9.17, 15) is 13.9 Å². The Morgan fingerprint density at radius 1 is 1.11 bits per heavy atom. The van der Waals surface area contributed by atoms with E-state index in [1.807, 2.05) is 0 Å². The molecule has 0 amide bonds. The molecule has 2 rings (SSSR count). The first-order chi connectivity index (χ1) is 9.11. The molecule has 0 saturated heterocycles. The van der Waals surface area contributed by atoms with E-state index >= 15 is 0 Å². The molecule has 19 heavy (non-hydrogen) atoms. The first-order valence-electron chi connectivity index (χ1n) is 5.57. The molecule has 2 nitrogen and oxygen atoms in total. The Hall–Kier alpha value is -1.46. The molecule has 2 aromatic carbocycles. The van der Waals surface area contributed by atoms with Crippen molar-refractivity contribution in [3.05, 3.63) is 63.6 Å². The van der Waals surface area contributed by atoms with Crippen molar-refractivity contribution in [2.75, 3.05) is 0 Å². The van der Waals surface area contributed by atoms with Crippen LogP contribution in [0, 0.1) is 11.6 Å². The highest BCUT2D eigenvalue weighted by molar-refractivity contribution is 9.10. The molecule has 0 spiro atoms. The lowest BCUT2D eigenvalue weighted by molar-refractivity contribution is 0.256. The summed E-state index contributed by atoms with van der Waals surface area (Å²) >= 11 is 3.29. The van der Waals surface area contributed by atoms with Gasteiger partial charge in [-0.25, -0.2) is 8.78 Å². The van der Waals surface area contributed by atoms with Crippen molar-refractivity contribution < 1.29 is 18.6 Å². The summed E-state index contributed by atoms with van der Waals surface area (Å²) in [6.45, 7) is -0.306. The van der Waals surface area contributed by atoms with Crippen molar-refractivity contribution in [2.24, 2.45) is 0 Å². The maximum absolute atomic E-state index is 13.4. The second kappa shape index (κ2) is 6.12. The van der Waals surface area contributed by atoms with E-state index in [2.05, 4.69) is 15.9 Å². The molecule has 1 N–H and O–H groups in total. The number of hydrogen-bond donors (Lipinski definition) is 1. The summed E-state index contributed by atoms with van der Waals surface area (Å²) in [6.07, 6.45) is 0. The zero-order valence-corrected chi connectivity index (χ0v) is 11.5. The van der Waals surface area contributed by atoms with Gasteiger partial charge in [0.1, 0.15) is 24.0 Å². The lowest BCUT2D eigenvalue weighted by atomic mass is 10.2. The largest absolute Gasteiger partial charge is 0.487 e. The van der Waals surface area contributed by atoms with Gasteiger partial charge in [0, 0.05) is 11.1 Å². The third-order valence-corrected chi connectivity index (χ3v) is 3.22. The average molecular weight is 329 g/mol. The zero-order valence-electron chi connectivity index (χ0n) is 9.87. The number of halogens is 3. The van der Waals surface area contributed by atoms with Gasteiger partial charge < -0.3 is 9.84 Å². The standard InChI is InChI=1S/C14H11BrF2O2/c15-12-3-1-2-9(7-18)14(12)19-8-10-6-11(16)4-5-13(10)17/h1-6,18H,7-8H2. The van der Waals surface area contributed by atoms with Crippen LogP contribution in [0.2, 0.25) is 0 Å². The molecule has 0 aliphatic rings. The van der Waals surface area contributed by atoms with Crippen LogP contribution in [-0.4, -0.2) is 5.11 Å². The molecule has 100 valence electrons. The SMILES string of the molecule is OCc1cccc(Br)c1OCc1cc(F)ccc1F. The fraction of sp³-hybridized carbons (Fsp3) is 0.143. The molecule has 0 aliphatic heterocycles. The van der Waals surface area contributed by atoms with Gasteiger partial charge in [-0.1, -0.05) is 12.1 Å². The van der Waals surface area contributed by atoms with Gasteiger partial charge in [0.2, 0.25) is 0 Å². The number of para-hydroxylation sites is 1. The molecule has 5 heteroatoms. The molecular weight excluding hydrogens is 318 g/mol. The van der Waals surface area contributed by atoms with E-state index in [0.717, 1.165) is 18.2 Å². The number of benzene rings is 2. The summed E-state index contributed by atoms with van der Waals surface area (Å²) in [5, 5.41) is 9.20. The molecule has 0 fully saturated rings.